The number of ether oxygens (including phenoxy) is 2. The molecule has 1 N–H and O–H groups in total. The first-order chi connectivity index (χ1) is 20.8. The lowest BCUT2D eigenvalue weighted by molar-refractivity contribution is 0.0499. The van der Waals surface area contributed by atoms with Crippen LogP contribution in [0.2, 0.25) is 0 Å². The van der Waals surface area contributed by atoms with Crippen molar-refractivity contribution in [3.8, 4) is 17.6 Å². The molecule has 44 heavy (non-hydrogen) atoms. The van der Waals surface area contributed by atoms with Gasteiger partial charge >= 0.3 is 11.8 Å². The number of benzene rings is 1. The van der Waals surface area contributed by atoms with Crippen molar-refractivity contribution < 1.29 is 23.3 Å². The standard InChI is InChI=1S/C30H38N6O7S/c1-7-8-16-35-24-25(32-27(35)34-15-11-12-20(17-34)31-28(39)43-30(2,3)4)33(5)29(40)36(26(24)38)18-22(37)21-13-9-10-14-23(21)42-19-44(6)41/h9-10,13-14,20H,11-12,15-19H2,1-6H3,(H,31,39). The lowest BCUT2D eigenvalue weighted by Crippen LogP contribution is -2.49. The molecule has 236 valence electrons. The summed E-state index contributed by atoms with van der Waals surface area (Å²) >= 11 is 0. The molecular weight excluding hydrogens is 588 g/mol. The Hall–Kier alpha value is -4.38. The van der Waals surface area contributed by atoms with Crippen LogP contribution in [0, 0.1) is 11.8 Å². The number of Topliss-reactive ketones (excluding diaryl/α,β-unsaturated/α-hetero) is 1. The van der Waals surface area contributed by atoms with Crippen molar-refractivity contribution in [1.82, 2.24) is 24.0 Å². The number of aryl methyl sites for hydroxylation is 1. The third-order valence-corrected chi connectivity index (χ3v) is 7.37. The van der Waals surface area contributed by atoms with E-state index in [0.717, 1.165) is 17.4 Å². The van der Waals surface area contributed by atoms with Gasteiger partial charge < -0.3 is 19.7 Å². The Morgan fingerprint density at radius 1 is 1.18 bits per heavy atom. The maximum atomic E-state index is 13.9. The average Bonchev–Trinajstić information content (AvgIpc) is 3.35. The summed E-state index contributed by atoms with van der Waals surface area (Å²) in [5.74, 6) is 5.84. The topological polar surface area (TPSA) is 147 Å². The molecule has 1 aliphatic heterocycles. The molecule has 13 nitrogen and oxygen atoms in total. The smallest absolute Gasteiger partial charge is 0.407 e. The summed E-state index contributed by atoms with van der Waals surface area (Å²) in [5, 5.41) is 2.92. The van der Waals surface area contributed by atoms with Gasteiger partial charge in [0.2, 0.25) is 5.95 Å². The molecule has 2 atom stereocenters. The van der Waals surface area contributed by atoms with Gasteiger partial charge in [-0.1, -0.05) is 18.1 Å². The molecule has 1 fully saturated rings. The summed E-state index contributed by atoms with van der Waals surface area (Å²) in [7, 11) is 0.234. The number of imidazole rings is 1. The van der Waals surface area contributed by atoms with Crippen LogP contribution in [0.5, 0.6) is 5.75 Å². The van der Waals surface area contributed by atoms with E-state index < -0.39 is 46.1 Å². The Balaban J connectivity index is 1.73. The molecule has 2 unspecified atom stereocenters. The number of hydrogen-bond acceptors (Lipinski definition) is 9. The number of ketones is 1. The summed E-state index contributed by atoms with van der Waals surface area (Å²) < 4.78 is 26.3. The summed E-state index contributed by atoms with van der Waals surface area (Å²) in [6, 6.07) is 6.18. The lowest BCUT2D eigenvalue weighted by atomic mass is 10.1. The van der Waals surface area contributed by atoms with Crippen molar-refractivity contribution in [1.29, 1.82) is 0 Å². The van der Waals surface area contributed by atoms with Crippen LogP contribution in [0.1, 0.15) is 50.9 Å². The molecule has 1 saturated heterocycles. The highest BCUT2D eigenvalue weighted by molar-refractivity contribution is 7.84. The minimum Gasteiger partial charge on any atom is -0.480 e. The predicted octanol–water partition coefficient (Wildman–Crippen LogP) is 2.01. The number of rotatable bonds is 9. The van der Waals surface area contributed by atoms with Crippen LogP contribution < -0.4 is 26.2 Å². The van der Waals surface area contributed by atoms with Crippen LogP contribution >= 0.6 is 0 Å². The van der Waals surface area contributed by atoms with Crippen molar-refractivity contribution in [2.24, 2.45) is 7.05 Å². The first kappa shape index (κ1) is 32.5. The number of anilines is 1. The summed E-state index contributed by atoms with van der Waals surface area (Å²) in [6.45, 7) is 7.66. The van der Waals surface area contributed by atoms with Crippen LogP contribution in [-0.4, -0.2) is 71.7 Å². The SMILES string of the molecule is CC#CCn1c(N2CCCC(NC(=O)OC(C)(C)C)C2)nc2c1c(=O)n(CC(=O)c1ccccc1OCS(C)=O)c(=O)n2C. The van der Waals surface area contributed by atoms with E-state index >= 15 is 0 Å². The van der Waals surface area contributed by atoms with Crippen molar-refractivity contribution in [3.63, 3.8) is 0 Å². The number of fused-ring (bicyclic) bond motifs is 1. The summed E-state index contributed by atoms with van der Waals surface area (Å²) in [6.07, 6.45) is 2.44. The maximum Gasteiger partial charge on any atom is 0.407 e. The fourth-order valence-corrected chi connectivity index (χ4v) is 5.29. The van der Waals surface area contributed by atoms with Gasteiger partial charge in [-0.15, -0.1) is 5.92 Å². The van der Waals surface area contributed by atoms with Gasteiger partial charge in [-0.3, -0.25) is 27.5 Å². The van der Waals surface area contributed by atoms with Gasteiger partial charge in [0.15, 0.2) is 22.9 Å². The molecule has 3 heterocycles. The van der Waals surface area contributed by atoms with E-state index in [1.807, 2.05) is 4.90 Å². The molecular formula is C30H38N6O7S. The fraction of sp³-hybridized carbons (Fsp3) is 0.500. The molecule has 0 radical (unpaired) electrons. The van der Waals surface area contributed by atoms with E-state index in [2.05, 4.69) is 17.2 Å². The van der Waals surface area contributed by atoms with E-state index in [1.165, 1.54) is 23.9 Å². The van der Waals surface area contributed by atoms with E-state index in [1.54, 1.807) is 50.5 Å². The first-order valence-corrected chi connectivity index (χ1v) is 15.9. The van der Waals surface area contributed by atoms with Gasteiger partial charge in [0.1, 0.15) is 11.4 Å². The third-order valence-electron chi connectivity index (χ3n) is 6.92. The second kappa shape index (κ2) is 13.5. The van der Waals surface area contributed by atoms with E-state index in [4.69, 9.17) is 14.5 Å². The average molecular weight is 627 g/mol. The van der Waals surface area contributed by atoms with E-state index in [0.29, 0.717) is 19.0 Å². The van der Waals surface area contributed by atoms with Crippen molar-refractivity contribution >= 4 is 39.8 Å². The number of piperidine rings is 1. The molecule has 2 aromatic heterocycles. The molecule has 4 rings (SSSR count). The molecule has 1 aliphatic rings. The number of para-hydroxylation sites is 1. The van der Waals surface area contributed by atoms with Gasteiger partial charge in [-0.2, -0.15) is 4.98 Å². The number of aromatic nitrogens is 4. The highest BCUT2D eigenvalue weighted by Crippen LogP contribution is 2.24. The monoisotopic (exact) mass is 626 g/mol. The Labute approximate surface area is 257 Å². The van der Waals surface area contributed by atoms with Crippen molar-refractivity contribution in [3.05, 3.63) is 50.7 Å². The van der Waals surface area contributed by atoms with Crippen LogP contribution in [-0.2, 0) is 35.7 Å². The van der Waals surface area contributed by atoms with Crippen LogP contribution in [0.25, 0.3) is 11.2 Å². The van der Waals surface area contributed by atoms with Crippen molar-refractivity contribution in [2.75, 3.05) is 30.2 Å². The quantitative estimate of drug-likeness (QED) is 0.278. The maximum absolute atomic E-state index is 13.9. The predicted molar refractivity (Wildman–Crippen MR) is 168 cm³/mol. The van der Waals surface area contributed by atoms with E-state index in [-0.39, 0.29) is 41.0 Å². The number of nitrogens with one attached hydrogen (secondary N) is 1. The first-order valence-electron chi connectivity index (χ1n) is 14.2. The highest BCUT2D eigenvalue weighted by Gasteiger charge is 2.29. The van der Waals surface area contributed by atoms with Crippen LogP contribution in [0.3, 0.4) is 0 Å². The minimum absolute atomic E-state index is 0.108. The number of alkyl carbamates (subject to hydrolysis) is 1. The Morgan fingerprint density at radius 2 is 1.91 bits per heavy atom. The molecule has 0 bridgehead atoms. The van der Waals surface area contributed by atoms with Gasteiger partial charge in [-0.05, 0) is 52.7 Å². The number of hydrogen-bond donors (Lipinski definition) is 1. The normalized spacial score (nSPS) is 15.8. The number of carbonyl (C=O) groups excluding carboxylic acids is 2. The third kappa shape index (κ3) is 7.39. The molecule has 0 saturated carbocycles. The fourth-order valence-electron chi connectivity index (χ4n) is 5.00. The second-order valence-corrected chi connectivity index (χ2v) is 12.9. The lowest BCUT2D eigenvalue weighted by Gasteiger charge is -2.34. The molecule has 1 amide bonds. The number of nitrogens with zero attached hydrogens (tertiary/aromatic N) is 5. The Bertz CT molecular complexity index is 1770. The zero-order valence-corrected chi connectivity index (χ0v) is 26.7. The Kier molecular flexibility index (Phi) is 9.98. The molecule has 1 aromatic carbocycles. The van der Waals surface area contributed by atoms with Gasteiger partial charge in [-0.25, -0.2) is 9.59 Å². The van der Waals surface area contributed by atoms with Crippen molar-refractivity contribution in [2.45, 2.75) is 65.3 Å². The Morgan fingerprint density at radius 3 is 2.59 bits per heavy atom. The number of amides is 1. The largest absolute Gasteiger partial charge is 0.480 e. The van der Waals surface area contributed by atoms with Gasteiger partial charge in [0, 0.05) is 32.4 Å². The minimum atomic E-state index is -1.26. The highest BCUT2D eigenvalue weighted by atomic mass is 32.2. The molecule has 3 aromatic rings. The summed E-state index contributed by atoms with van der Waals surface area (Å²) in [5.41, 5.74) is -1.57. The molecule has 14 heteroatoms. The van der Waals surface area contributed by atoms with Crippen LogP contribution in [0.4, 0.5) is 10.7 Å². The molecule has 0 spiro atoms. The zero-order chi connectivity index (χ0) is 32.2. The molecule has 0 aliphatic carbocycles. The van der Waals surface area contributed by atoms with Crippen LogP contribution in [0.15, 0.2) is 33.9 Å². The second-order valence-electron chi connectivity index (χ2n) is 11.5. The van der Waals surface area contributed by atoms with E-state index in [9.17, 15) is 23.4 Å². The van der Waals surface area contributed by atoms with Gasteiger partial charge in [0.25, 0.3) is 5.56 Å². The number of carbonyl (C=O) groups is 2. The zero-order valence-electron chi connectivity index (χ0n) is 25.8. The van der Waals surface area contributed by atoms with Gasteiger partial charge in [0.05, 0.1) is 29.5 Å². The summed E-state index contributed by atoms with van der Waals surface area (Å²) in [4.78, 5) is 59.8.